The average Bonchev–Trinajstić information content (AvgIpc) is 3.18. The number of hydrogen-bond donors (Lipinski definition) is 0. The fourth-order valence-electron chi connectivity index (χ4n) is 3.23. The van der Waals surface area contributed by atoms with E-state index in [4.69, 9.17) is 9.78 Å². The van der Waals surface area contributed by atoms with Gasteiger partial charge in [0.1, 0.15) is 0 Å². The number of benzene rings is 1. The number of rotatable bonds is 4. The zero-order valence-electron chi connectivity index (χ0n) is 14.2. The molecule has 7 nitrogen and oxygen atoms in total. The molecular weight excluding hydrogens is 328 g/mol. The van der Waals surface area contributed by atoms with Crippen molar-refractivity contribution in [1.82, 2.24) is 20.1 Å². The second kappa shape index (κ2) is 7.31. The summed E-state index contributed by atoms with van der Waals surface area (Å²) < 4.78 is 5.38. The summed E-state index contributed by atoms with van der Waals surface area (Å²) in [6, 6.07) is 11.2. The van der Waals surface area contributed by atoms with E-state index in [1.54, 1.807) is 24.5 Å². The molecule has 130 valence electrons. The highest BCUT2D eigenvalue weighted by atomic mass is 16.5. The molecule has 0 spiro atoms. The van der Waals surface area contributed by atoms with Gasteiger partial charge in [0.15, 0.2) is 5.82 Å². The molecule has 0 aliphatic carbocycles. The van der Waals surface area contributed by atoms with Crippen LogP contribution in [0.5, 0.6) is 0 Å². The Labute approximate surface area is 151 Å². The van der Waals surface area contributed by atoms with Crippen LogP contribution >= 0.6 is 0 Å². The maximum absolute atomic E-state index is 9.00. The third-order valence-electron chi connectivity index (χ3n) is 4.63. The van der Waals surface area contributed by atoms with Gasteiger partial charge in [-0.15, -0.1) is 0 Å². The van der Waals surface area contributed by atoms with Crippen molar-refractivity contribution in [2.24, 2.45) is 5.92 Å². The molecule has 3 aromatic rings. The van der Waals surface area contributed by atoms with E-state index in [0.29, 0.717) is 17.4 Å². The van der Waals surface area contributed by atoms with E-state index in [1.807, 2.05) is 18.2 Å². The minimum absolute atomic E-state index is 0.465. The Balaban J connectivity index is 1.37. The summed E-state index contributed by atoms with van der Waals surface area (Å²) in [4.78, 5) is 15.3. The normalized spacial score (nSPS) is 15.0. The minimum Gasteiger partial charge on any atom is -0.341 e. The van der Waals surface area contributed by atoms with Crippen LogP contribution < -0.4 is 4.90 Å². The molecule has 0 atom stereocenters. The Kier molecular flexibility index (Phi) is 4.56. The fraction of sp³-hybridized carbons (Fsp3) is 0.316. The maximum Gasteiger partial charge on any atom is 0.257 e. The van der Waals surface area contributed by atoms with Crippen molar-refractivity contribution in [3.8, 4) is 17.5 Å². The van der Waals surface area contributed by atoms with Crippen LogP contribution in [0.3, 0.4) is 0 Å². The van der Waals surface area contributed by atoms with E-state index in [2.05, 4.69) is 31.1 Å². The van der Waals surface area contributed by atoms with Crippen LogP contribution in [-0.2, 0) is 6.42 Å². The van der Waals surface area contributed by atoms with Gasteiger partial charge in [-0.25, -0.2) is 9.97 Å². The molecule has 7 heteroatoms. The molecule has 0 N–H and O–H groups in total. The maximum atomic E-state index is 9.00. The second-order valence-electron chi connectivity index (χ2n) is 6.39. The van der Waals surface area contributed by atoms with Crippen molar-refractivity contribution in [3.63, 3.8) is 0 Å². The molecular formula is C19H18N6O. The van der Waals surface area contributed by atoms with E-state index in [9.17, 15) is 0 Å². The SMILES string of the molecule is N#Cc1cccc(-c2nc(CC3CCN(c4ncccn4)CC3)no2)c1. The first-order chi connectivity index (χ1) is 12.8. The number of hydrogen-bond acceptors (Lipinski definition) is 7. The van der Waals surface area contributed by atoms with Gasteiger partial charge >= 0.3 is 0 Å². The first kappa shape index (κ1) is 16.2. The fourth-order valence-corrected chi connectivity index (χ4v) is 3.23. The Morgan fingerprint density at radius 3 is 2.73 bits per heavy atom. The van der Waals surface area contributed by atoms with E-state index < -0.39 is 0 Å². The Hall–Kier alpha value is -3.27. The molecule has 1 fully saturated rings. The lowest BCUT2D eigenvalue weighted by atomic mass is 9.93. The largest absolute Gasteiger partial charge is 0.341 e. The van der Waals surface area contributed by atoms with Gasteiger partial charge in [-0.05, 0) is 43.0 Å². The molecule has 2 aromatic heterocycles. The van der Waals surface area contributed by atoms with Crippen LogP contribution in [-0.4, -0.2) is 33.2 Å². The highest BCUT2D eigenvalue weighted by molar-refractivity contribution is 5.55. The molecule has 1 aliphatic heterocycles. The van der Waals surface area contributed by atoms with Gasteiger partial charge in [-0.1, -0.05) is 11.2 Å². The van der Waals surface area contributed by atoms with Crippen molar-refractivity contribution in [2.75, 3.05) is 18.0 Å². The lowest BCUT2D eigenvalue weighted by Crippen LogP contribution is -2.35. The monoisotopic (exact) mass is 346 g/mol. The minimum atomic E-state index is 0.465. The molecule has 0 unspecified atom stereocenters. The van der Waals surface area contributed by atoms with Gasteiger partial charge in [0.05, 0.1) is 11.6 Å². The van der Waals surface area contributed by atoms with E-state index in [0.717, 1.165) is 49.7 Å². The van der Waals surface area contributed by atoms with Crippen molar-refractivity contribution >= 4 is 5.95 Å². The summed E-state index contributed by atoms with van der Waals surface area (Å²) in [5, 5.41) is 13.1. The first-order valence-corrected chi connectivity index (χ1v) is 8.67. The standard InChI is InChI=1S/C19H18N6O/c20-13-15-3-1-4-16(11-15)18-23-17(24-26-18)12-14-5-9-25(10-6-14)19-21-7-2-8-22-19/h1-4,7-8,11,14H,5-6,9-10,12H2. The first-order valence-electron chi connectivity index (χ1n) is 8.67. The van der Waals surface area contributed by atoms with Crippen LogP contribution in [0.15, 0.2) is 47.2 Å². The topological polar surface area (TPSA) is 91.7 Å². The summed E-state index contributed by atoms with van der Waals surface area (Å²) in [6.45, 7) is 1.87. The summed E-state index contributed by atoms with van der Waals surface area (Å²) in [7, 11) is 0. The summed E-state index contributed by atoms with van der Waals surface area (Å²) in [6.07, 6.45) is 6.44. The smallest absolute Gasteiger partial charge is 0.257 e. The van der Waals surface area contributed by atoms with Crippen LogP contribution in [0.2, 0.25) is 0 Å². The molecule has 0 saturated carbocycles. The van der Waals surface area contributed by atoms with Gasteiger partial charge in [0.2, 0.25) is 5.95 Å². The number of nitriles is 1. The number of nitrogens with zero attached hydrogens (tertiary/aromatic N) is 6. The number of anilines is 1. The van der Waals surface area contributed by atoms with Crippen LogP contribution in [0, 0.1) is 17.2 Å². The molecule has 0 radical (unpaired) electrons. The van der Waals surface area contributed by atoms with Crippen LogP contribution in [0.4, 0.5) is 5.95 Å². The zero-order valence-corrected chi connectivity index (χ0v) is 14.2. The van der Waals surface area contributed by atoms with E-state index >= 15 is 0 Å². The van der Waals surface area contributed by atoms with Gasteiger partial charge in [-0.3, -0.25) is 0 Å². The van der Waals surface area contributed by atoms with Crippen molar-refractivity contribution in [1.29, 1.82) is 5.26 Å². The zero-order chi connectivity index (χ0) is 17.8. The Bertz CT molecular complexity index is 909. The summed E-state index contributed by atoms with van der Waals surface area (Å²) >= 11 is 0. The van der Waals surface area contributed by atoms with Crippen LogP contribution in [0.25, 0.3) is 11.5 Å². The molecule has 0 amide bonds. The predicted octanol–water partition coefficient (Wildman–Crippen LogP) is 2.86. The highest BCUT2D eigenvalue weighted by Crippen LogP contribution is 2.24. The van der Waals surface area contributed by atoms with E-state index in [1.165, 1.54) is 0 Å². The quantitative estimate of drug-likeness (QED) is 0.717. The molecule has 3 heterocycles. The lowest BCUT2D eigenvalue weighted by molar-refractivity contribution is 0.376. The lowest BCUT2D eigenvalue weighted by Gasteiger charge is -2.31. The number of piperidine rings is 1. The molecule has 4 rings (SSSR count). The third kappa shape index (κ3) is 3.54. The van der Waals surface area contributed by atoms with Crippen molar-refractivity contribution in [3.05, 3.63) is 54.1 Å². The Morgan fingerprint density at radius 1 is 1.15 bits per heavy atom. The molecule has 1 saturated heterocycles. The molecule has 0 bridgehead atoms. The molecule has 1 aliphatic rings. The van der Waals surface area contributed by atoms with Gasteiger partial charge < -0.3 is 9.42 Å². The molecule has 1 aromatic carbocycles. The van der Waals surface area contributed by atoms with Gasteiger partial charge in [-0.2, -0.15) is 10.2 Å². The van der Waals surface area contributed by atoms with Gasteiger partial charge in [0.25, 0.3) is 5.89 Å². The van der Waals surface area contributed by atoms with Gasteiger partial charge in [0, 0.05) is 37.5 Å². The average molecular weight is 346 g/mol. The predicted molar refractivity (Wildman–Crippen MR) is 95.1 cm³/mol. The summed E-state index contributed by atoms with van der Waals surface area (Å²) in [5.41, 5.74) is 1.36. The van der Waals surface area contributed by atoms with Crippen LogP contribution in [0.1, 0.15) is 24.2 Å². The molecule has 26 heavy (non-hydrogen) atoms. The summed E-state index contributed by atoms with van der Waals surface area (Å²) in [5.74, 6) is 2.50. The Morgan fingerprint density at radius 2 is 1.96 bits per heavy atom. The number of aromatic nitrogens is 4. The van der Waals surface area contributed by atoms with Crippen molar-refractivity contribution < 1.29 is 4.52 Å². The highest BCUT2D eigenvalue weighted by Gasteiger charge is 2.23. The second-order valence-corrected chi connectivity index (χ2v) is 6.39. The van der Waals surface area contributed by atoms with Crippen molar-refractivity contribution in [2.45, 2.75) is 19.3 Å². The third-order valence-corrected chi connectivity index (χ3v) is 4.63. The van der Waals surface area contributed by atoms with E-state index in [-0.39, 0.29) is 0 Å².